The minimum absolute atomic E-state index is 0.105. The van der Waals surface area contributed by atoms with Crippen molar-refractivity contribution in [3.8, 4) is 0 Å². The van der Waals surface area contributed by atoms with E-state index in [0.29, 0.717) is 12.2 Å². The Hall–Kier alpha value is -1.97. The summed E-state index contributed by atoms with van der Waals surface area (Å²) in [4.78, 5) is 3.59. The first-order chi connectivity index (χ1) is 11.2. The van der Waals surface area contributed by atoms with Crippen LogP contribution in [0.3, 0.4) is 0 Å². The van der Waals surface area contributed by atoms with Crippen LogP contribution in [0.1, 0.15) is 12.5 Å². The van der Waals surface area contributed by atoms with E-state index in [1.807, 2.05) is 19.1 Å². The molecule has 0 unspecified atom stereocenters. The molecule has 1 heterocycles. The van der Waals surface area contributed by atoms with Gasteiger partial charge < -0.3 is 5.32 Å². The predicted octanol–water partition coefficient (Wildman–Crippen LogP) is 1.40. The van der Waals surface area contributed by atoms with E-state index in [-0.39, 0.29) is 9.92 Å². The molecule has 2 rings (SSSR count). The molecule has 7 nitrogen and oxygen atoms in total. The summed E-state index contributed by atoms with van der Waals surface area (Å²) in [6, 6.07) is 9.37. The number of rotatable bonds is 7. The molecule has 0 aliphatic heterocycles. The van der Waals surface area contributed by atoms with Gasteiger partial charge in [-0.2, -0.15) is 0 Å². The van der Waals surface area contributed by atoms with Gasteiger partial charge in [0.15, 0.2) is 14.9 Å². The smallest absolute Gasteiger partial charge is 0.263 e. The van der Waals surface area contributed by atoms with E-state index in [1.54, 1.807) is 12.1 Å². The van der Waals surface area contributed by atoms with Crippen molar-refractivity contribution in [2.75, 3.05) is 17.5 Å². The van der Waals surface area contributed by atoms with Crippen molar-refractivity contribution in [3.63, 3.8) is 0 Å². The van der Waals surface area contributed by atoms with E-state index < -0.39 is 19.9 Å². The van der Waals surface area contributed by atoms with Crippen LogP contribution < -0.4 is 10.0 Å². The Balaban J connectivity index is 2.16. The number of anilines is 1. The second kappa shape index (κ2) is 7.29. The molecule has 0 spiro atoms. The number of hydrogen-bond donors (Lipinski definition) is 2. The zero-order chi connectivity index (χ0) is 17.8. The normalized spacial score (nSPS) is 12.1. The van der Waals surface area contributed by atoms with E-state index in [9.17, 15) is 16.8 Å². The molecule has 0 radical (unpaired) electrons. The number of aromatic nitrogens is 1. The van der Waals surface area contributed by atoms with E-state index in [1.165, 1.54) is 12.1 Å². The highest BCUT2D eigenvalue weighted by atomic mass is 32.2. The molecule has 0 fully saturated rings. The standard InChI is InChI=1S/C15H19N3O4S2/c1-3-16-10-12-4-6-13(7-5-12)18-24(21,22)14-8-9-15(17-11-14)23(2,19)20/h4-9,11,16,18H,3,10H2,1-2H3. The molecule has 0 saturated carbocycles. The molecule has 1 aromatic carbocycles. The van der Waals surface area contributed by atoms with Gasteiger partial charge in [-0.1, -0.05) is 19.1 Å². The van der Waals surface area contributed by atoms with Gasteiger partial charge in [-0.05, 0) is 36.4 Å². The number of pyridine rings is 1. The lowest BCUT2D eigenvalue weighted by Crippen LogP contribution is -2.14. The third-order valence-corrected chi connectivity index (χ3v) is 5.55. The average Bonchev–Trinajstić information content (AvgIpc) is 2.53. The Bertz CT molecular complexity index is 891. The fourth-order valence-corrected chi connectivity index (χ4v) is 3.48. The topological polar surface area (TPSA) is 105 Å². The van der Waals surface area contributed by atoms with Crippen LogP contribution in [0.25, 0.3) is 0 Å². The molecule has 9 heteroatoms. The molecule has 1 aromatic heterocycles. The number of benzene rings is 1. The van der Waals surface area contributed by atoms with Gasteiger partial charge in [-0.15, -0.1) is 0 Å². The van der Waals surface area contributed by atoms with Crippen molar-refractivity contribution in [3.05, 3.63) is 48.2 Å². The van der Waals surface area contributed by atoms with Crippen LogP contribution in [0.2, 0.25) is 0 Å². The maximum atomic E-state index is 12.3. The third-order valence-electron chi connectivity index (χ3n) is 3.18. The van der Waals surface area contributed by atoms with Gasteiger partial charge in [0.1, 0.15) is 4.90 Å². The van der Waals surface area contributed by atoms with Crippen LogP contribution in [-0.4, -0.2) is 34.6 Å². The molecule has 130 valence electrons. The summed E-state index contributed by atoms with van der Waals surface area (Å²) < 4.78 is 49.8. The maximum absolute atomic E-state index is 12.3. The van der Waals surface area contributed by atoms with E-state index in [2.05, 4.69) is 15.0 Å². The summed E-state index contributed by atoms with van der Waals surface area (Å²) in [5, 5.41) is 3.01. The highest BCUT2D eigenvalue weighted by Crippen LogP contribution is 2.17. The number of hydrogen-bond acceptors (Lipinski definition) is 6. The molecule has 24 heavy (non-hydrogen) atoms. The quantitative estimate of drug-likeness (QED) is 0.764. The van der Waals surface area contributed by atoms with Crippen molar-refractivity contribution < 1.29 is 16.8 Å². The molecule has 0 bridgehead atoms. The predicted molar refractivity (Wildman–Crippen MR) is 92.0 cm³/mol. The lowest BCUT2D eigenvalue weighted by atomic mass is 10.2. The lowest BCUT2D eigenvalue weighted by molar-refractivity contribution is 0.594. The summed E-state index contributed by atoms with van der Waals surface area (Å²) in [5.74, 6) is 0. The third kappa shape index (κ3) is 4.76. The Morgan fingerprint density at radius 1 is 1.00 bits per heavy atom. The fraction of sp³-hybridized carbons (Fsp3) is 0.267. The SMILES string of the molecule is CCNCc1ccc(NS(=O)(=O)c2ccc(S(C)(=O)=O)nc2)cc1. The monoisotopic (exact) mass is 369 g/mol. The van der Waals surface area contributed by atoms with Gasteiger partial charge >= 0.3 is 0 Å². The van der Waals surface area contributed by atoms with Crippen molar-refractivity contribution in [2.45, 2.75) is 23.4 Å². The Kier molecular flexibility index (Phi) is 5.58. The second-order valence-corrected chi connectivity index (χ2v) is 8.83. The number of nitrogens with one attached hydrogen (secondary N) is 2. The highest BCUT2D eigenvalue weighted by molar-refractivity contribution is 7.92. The molecule has 2 aromatic rings. The Labute approximate surface area is 142 Å². The zero-order valence-electron chi connectivity index (χ0n) is 13.4. The van der Waals surface area contributed by atoms with E-state index in [4.69, 9.17) is 0 Å². The van der Waals surface area contributed by atoms with Crippen molar-refractivity contribution in [1.29, 1.82) is 0 Å². The van der Waals surface area contributed by atoms with Crippen molar-refractivity contribution in [1.82, 2.24) is 10.3 Å². The van der Waals surface area contributed by atoms with E-state index in [0.717, 1.165) is 24.6 Å². The Morgan fingerprint density at radius 2 is 1.67 bits per heavy atom. The summed E-state index contributed by atoms with van der Waals surface area (Å²) in [6.07, 6.45) is 2.04. The first-order valence-corrected chi connectivity index (χ1v) is 10.6. The molecule has 0 aliphatic carbocycles. The van der Waals surface area contributed by atoms with Crippen LogP contribution >= 0.6 is 0 Å². The summed E-state index contributed by atoms with van der Waals surface area (Å²) in [6.45, 7) is 3.57. The Morgan fingerprint density at radius 3 is 2.17 bits per heavy atom. The van der Waals surface area contributed by atoms with Crippen LogP contribution in [0.4, 0.5) is 5.69 Å². The molecular formula is C15H19N3O4S2. The lowest BCUT2D eigenvalue weighted by Gasteiger charge is -2.09. The minimum atomic E-state index is -3.83. The van der Waals surface area contributed by atoms with Crippen LogP contribution in [-0.2, 0) is 26.4 Å². The first-order valence-electron chi connectivity index (χ1n) is 7.21. The van der Waals surface area contributed by atoms with Crippen LogP contribution in [0.5, 0.6) is 0 Å². The van der Waals surface area contributed by atoms with Gasteiger partial charge in [0.25, 0.3) is 10.0 Å². The largest absolute Gasteiger partial charge is 0.313 e. The summed E-state index contributed by atoms with van der Waals surface area (Å²) in [7, 11) is -7.30. The summed E-state index contributed by atoms with van der Waals surface area (Å²) >= 11 is 0. The molecular weight excluding hydrogens is 350 g/mol. The maximum Gasteiger partial charge on any atom is 0.263 e. The van der Waals surface area contributed by atoms with Gasteiger partial charge in [0.2, 0.25) is 0 Å². The van der Waals surface area contributed by atoms with Crippen molar-refractivity contribution in [2.24, 2.45) is 0 Å². The van der Waals surface area contributed by atoms with E-state index >= 15 is 0 Å². The number of sulfone groups is 1. The van der Waals surface area contributed by atoms with Gasteiger partial charge in [-0.25, -0.2) is 21.8 Å². The molecule has 2 N–H and O–H groups in total. The minimum Gasteiger partial charge on any atom is -0.313 e. The highest BCUT2D eigenvalue weighted by Gasteiger charge is 2.16. The molecule has 0 saturated heterocycles. The second-order valence-electron chi connectivity index (χ2n) is 5.19. The number of sulfonamides is 1. The first kappa shape index (κ1) is 18.4. The summed E-state index contributed by atoms with van der Waals surface area (Å²) in [5.41, 5.74) is 1.46. The molecule has 0 atom stereocenters. The fourth-order valence-electron chi connectivity index (χ4n) is 1.92. The molecule has 0 amide bonds. The zero-order valence-corrected chi connectivity index (χ0v) is 15.0. The molecule has 0 aliphatic rings. The van der Waals surface area contributed by atoms with Crippen LogP contribution in [0, 0.1) is 0 Å². The van der Waals surface area contributed by atoms with Gasteiger partial charge in [0, 0.05) is 24.7 Å². The van der Waals surface area contributed by atoms with Crippen molar-refractivity contribution >= 4 is 25.5 Å². The average molecular weight is 369 g/mol. The van der Waals surface area contributed by atoms with Gasteiger partial charge in [0.05, 0.1) is 0 Å². The van der Waals surface area contributed by atoms with Crippen LogP contribution in [0.15, 0.2) is 52.5 Å². The number of nitrogens with zero attached hydrogens (tertiary/aromatic N) is 1. The van der Waals surface area contributed by atoms with Gasteiger partial charge in [-0.3, -0.25) is 4.72 Å².